The largest absolute Gasteiger partial charge is 0.465 e. The Balaban J connectivity index is 2.13. The van der Waals surface area contributed by atoms with Gasteiger partial charge in [-0.1, -0.05) is 6.07 Å². The second-order valence-electron chi connectivity index (χ2n) is 5.78. The number of hydrogen-bond acceptors (Lipinski definition) is 6. The lowest BCUT2D eigenvalue weighted by Crippen LogP contribution is -2.30. The maximum absolute atomic E-state index is 12.6. The summed E-state index contributed by atoms with van der Waals surface area (Å²) in [5.74, 6) is -1.74. The van der Waals surface area contributed by atoms with Crippen molar-refractivity contribution in [1.82, 2.24) is 9.55 Å². The maximum atomic E-state index is 12.6. The fraction of sp³-hybridized carbons (Fsp3) is 0.333. The Morgan fingerprint density at radius 3 is 2.54 bits per heavy atom. The van der Waals surface area contributed by atoms with E-state index in [2.05, 4.69) is 4.98 Å². The molecule has 0 aliphatic rings. The molecular formula is C18H20N2O6. The quantitative estimate of drug-likeness (QED) is 0.616. The summed E-state index contributed by atoms with van der Waals surface area (Å²) in [7, 11) is 1.26. The summed E-state index contributed by atoms with van der Waals surface area (Å²) in [6.07, 6.45) is 0.376. The van der Waals surface area contributed by atoms with Crippen LogP contribution in [0.5, 0.6) is 0 Å². The molecule has 2 heterocycles. The van der Waals surface area contributed by atoms with Gasteiger partial charge in [-0.3, -0.25) is 14.4 Å². The molecule has 2 rings (SSSR count). The van der Waals surface area contributed by atoms with Gasteiger partial charge in [0.2, 0.25) is 5.78 Å². The van der Waals surface area contributed by atoms with Crippen molar-refractivity contribution in [2.45, 2.75) is 33.4 Å². The van der Waals surface area contributed by atoms with Crippen LogP contribution in [-0.4, -0.2) is 40.5 Å². The van der Waals surface area contributed by atoms with Gasteiger partial charge in [0.1, 0.15) is 6.54 Å². The number of aromatic nitrogens is 2. The van der Waals surface area contributed by atoms with Gasteiger partial charge in [0.15, 0.2) is 6.10 Å². The molecule has 1 atom stereocenters. The number of methoxy groups -OCH3 is 1. The van der Waals surface area contributed by atoms with Crippen LogP contribution in [0.2, 0.25) is 0 Å². The summed E-state index contributed by atoms with van der Waals surface area (Å²) in [6.45, 7) is 4.39. The third kappa shape index (κ3) is 3.90. The van der Waals surface area contributed by atoms with E-state index in [1.54, 1.807) is 26.0 Å². The van der Waals surface area contributed by atoms with Crippen molar-refractivity contribution in [3.05, 3.63) is 57.3 Å². The van der Waals surface area contributed by atoms with Crippen LogP contribution in [0.25, 0.3) is 0 Å². The van der Waals surface area contributed by atoms with Crippen LogP contribution in [0.1, 0.15) is 39.0 Å². The van der Waals surface area contributed by atoms with Crippen molar-refractivity contribution in [3.63, 3.8) is 0 Å². The number of aromatic amines is 1. The Labute approximate surface area is 149 Å². The highest BCUT2D eigenvalue weighted by molar-refractivity contribution is 6.03. The van der Waals surface area contributed by atoms with Crippen LogP contribution in [0.4, 0.5) is 0 Å². The fourth-order valence-electron chi connectivity index (χ4n) is 2.63. The Morgan fingerprint density at radius 2 is 1.92 bits per heavy atom. The van der Waals surface area contributed by atoms with Crippen molar-refractivity contribution >= 4 is 17.7 Å². The van der Waals surface area contributed by atoms with Crippen LogP contribution in [0.3, 0.4) is 0 Å². The van der Waals surface area contributed by atoms with Crippen molar-refractivity contribution in [2.75, 3.05) is 7.11 Å². The van der Waals surface area contributed by atoms with Gasteiger partial charge in [-0.05, 0) is 32.4 Å². The minimum absolute atomic E-state index is 0.181. The van der Waals surface area contributed by atoms with E-state index in [9.17, 15) is 19.2 Å². The summed E-state index contributed by atoms with van der Waals surface area (Å²) < 4.78 is 11.0. The number of aryl methyl sites for hydroxylation is 1. The number of ether oxygens (including phenoxy) is 2. The van der Waals surface area contributed by atoms with Gasteiger partial charge in [0.25, 0.3) is 5.56 Å². The summed E-state index contributed by atoms with van der Waals surface area (Å²) in [4.78, 5) is 50.8. The molecule has 8 nitrogen and oxygen atoms in total. The lowest BCUT2D eigenvalue weighted by molar-refractivity contribution is -0.147. The molecule has 8 heteroatoms. The number of hydrogen-bond donors (Lipinski definition) is 1. The maximum Gasteiger partial charge on any atom is 0.339 e. The molecule has 0 saturated carbocycles. The molecule has 0 unspecified atom stereocenters. The lowest BCUT2D eigenvalue weighted by atomic mass is 10.1. The first-order chi connectivity index (χ1) is 12.3. The standard InChI is InChI=1S/C18H20N2O6/c1-10-15(18(24)25-4)11(2)19-16(10)17(23)12(3)26-14(22)9-20-8-6-5-7-13(20)21/h5-8,12,19H,9H2,1-4H3/t12-/m0/s1. The zero-order valence-electron chi connectivity index (χ0n) is 15.0. The van der Waals surface area contributed by atoms with Gasteiger partial charge in [0.05, 0.1) is 18.4 Å². The van der Waals surface area contributed by atoms with Gasteiger partial charge in [-0.25, -0.2) is 4.79 Å². The topological polar surface area (TPSA) is 107 Å². The van der Waals surface area contributed by atoms with E-state index in [0.717, 1.165) is 0 Å². The number of nitrogens with zero attached hydrogens (tertiary/aromatic N) is 1. The molecule has 2 aromatic rings. The highest BCUT2D eigenvalue weighted by atomic mass is 16.5. The van der Waals surface area contributed by atoms with E-state index in [1.165, 1.54) is 30.9 Å². The molecule has 0 radical (unpaired) electrons. The zero-order valence-corrected chi connectivity index (χ0v) is 15.0. The number of carbonyl (C=O) groups is 3. The average molecular weight is 360 g/mol. The van der Waals surface area contributed by atoms with E-state index in [0.29, 0.717) is 11.3 Å². The Morgan fingerprint density at radius 1 is 1.23 bits per heavy atom. The number of carbonyl (C=O) groups excluding carboxylic acids is 3. The highest BCUT2D eigenvalue weighted by Gasteiger charge is 2.27. The van der Waals surface area contributed by atoms with E-state index >= 15 is 0 Å². The molecule has 0 spiro atoms. The van der Waals surface area contributed by atoms with Crippen LogP contribution < -0.4 is 5.56 Å². The highest BCUT2D eigenvalue weighted by Crippen LogP contribution is 2.20. The SMILES string of the molecule is COC(=O)c1c(C)[nH]c(C(=O)[C@H](C)OC(=O)Cn2ccccc2=O)c1C. The number of ketones is 1. The Hall–Kier alpha value is -3.16. The molecule has 0 aliphatic carbocycles. The first kappa shape index (κ1) is 19.2. The zero-order chi connectivity index (χ0) is 19.4. The van der Waals surface area contributed by atoms with Crippen LogP contribution in [-0.2, 0) is 20.8 Å². The monoisotopic (exact) mass is 360 g/mol. The molecule has 0 aliphatic heterocycles. The smallest absolute Gasteiger partial charge is 0.339 e. The predicted molar refractivity (Wildman–Crippen MR) is 92.2 cm³/mol. The van der Waals surface area contributed by atoms with Crippen molar-refractivity contribution in [1.29, 1.82) is 0 Å². The minimum atomic E-state index is -1.08. The second-order valence-corrected chi connectivity index (χ2v) is 5.78. The lowest BCUT2D eigenvalue weighted by Gasteiger charge is -2.13. The molecule has 2 aromatic heterocycles. The Bertz CT molecular complexity index is 909. The summed E-state index contributed by atoms with van der Waals surface area (Å²) in [5.41, 5.74) is 1.04. The van der Waals surface area contributed by atoms with Crippen molar-refractivity contribution in [3.8, 4) is 0 Å². The van der Waals surface area contributed by atoms with E-state index in [4.69, 9.17) is 9.47 Å². The first-order valence-corrected chi connectivity index (χ1v) is 7.92. The summed E-state index contributed by atoms with van der Waals surface area (Å²) in [6, 6.07) is 4.50. The third-order valence-electron chi connectivity index (χ3n) is 3.95. The van der Waals surface area contributed by atoms with E-state index in [1.807, 2.05) is 0 Å². The van der Waals surface area contributed by atoms with Gasteiger partial charge in [0, 0.05) is 18.0 Å². The average Bonchev–Trinajstić information content (AvgIpc) is 2.90. The number of Topliss-reactive ketones (excluding diaryl/α,β-unsaturated/α-hetero) is 1. The number of rotatable bonds is 6. The van der Waals surface area contributed by atoms with E-state index in [-0.39, 0.29) is 23.4 Å². The number of pyridine rings is 1. The van der Waals surface area contributed by atoms with Gasteiger partial charge in [-0.15, -0.1) is 0 Å². The van der Waals surface area contributed by atoms with Crippen LogP contribution in [0, 0.1) is 13.8 Å². The number of H-pyrrole nitrogens is 1. The molecule has 0 aromatic carbocycles. The number of esters is 2. The predicted octanol–water partition coefficient (Wildman–Crippen LogP) is 1.39. The third-order valence-corrected chi connectivity index (χ3v) is 3.95. The molecule has 26 heavy (non-hydrogen) atoms. The van der Waals surface area contributed by atoms with Crippen molar-refractivity contribution < 1.29 is 23.9 Å². The van der Waals surface area contributed by atoms with Gasteiger partial charge in [-0.2, -0.15) is 0 Å². The molecule has 0 saturated heterocycles. The molecule has 0 fully saturated rings. The molecule has 1 N–H and O–H groups in total. The minimum Gasteiger partial charge on any atom is -0.465 e. The molecule has 0 amide bonds. The normalized spacial score (nSPS) is 11.7. The fourth-order valence-corrected chi connectivity index (χ4v) is 2.63. The van der Waals surface area contributed by atoms with Crippen molar-refractivity contribution in [2.24, 2.45) is 0 Å². The first-order valence-electron chi connectivity index (χ1n) is 7.92. The molecule has 138 valence electrons. The molecule has 0 bridgehead atoms. The van der Waals surface area contributed by atoms with Gasteiger partial charge >= 0.3 is 11.9 Å². The van der Waals surface area contributed by atoms with E-state index < -0.39 is 23.8 Å². The van der Waals surface area contributed by atoms with Crippen LogP contribution >= 0.6 is 0 Å². The number of nitrogens with one attached hydrogen (secondary N) is 1. The summed E-state index contributed by atoms with van der Waals surface area (Å²) >= 11 is 0. The second kappa shape index (κ2) is 7.81. The molecular weight excluding hydrogens is 340 g/mol. The van der Waals surface area contributed by atoms with Gasteiger partial charge < -0.3 is 19.0 Å². The van der Waals surface area contributed by atoms with Crippen LogP contribution in [0.15, 0.2) is 29.2 Å². The summed E-state index contributed by atoms with van der Waals surface area (Å²) in [5, 5.41) is 0. The Kier molecular flexibility index (Phi) is 5.76.